The molecule has 13 heteroatoms. The lowest BCUT2D eigenvalue weighted by atomic mass is 10.1. The second-order valence-corrected chi connectivity index (χ2v) is 6.92. The number of likely N-dealkylation sites (tertiary alicyclic amines) is 1. The van der Waals surface area contributed by atoms with E-state index in [4.69, 9.17) is 17.2 Å². The van der Waals surface area contributed by atoms with E-state index in [1.54, 1.807) is 0 Å². The van der Waals surface area contributed by atoms with Crippen molar-refractivity contribution in [3.63, 3.8) is 0 Å². The van der Waals surface area contributed by atoms with Crippen molar-refractivity contribution in [1.82, 2.24) is 15.5 Å². The summed E-state index contributed by atoms with van der Waals surface area (Å²) in [5.41, 5.74) is 15.5. The Bertz CT molecular complexity index is 698. The lowest BCUT2D eigenvalue weighted by Gasteiger charge is -2.26. The molecule has 0 aromatic carbocycles. The molecule has 3 atom stereocenters. The van der Waals surface area contributed by atoms with Crippen molar-refractivity contribution in [2.45, 2.75) is 56.7 Å². The van der Waals surface area contributed by atoms with Crippen molar-refractivity contribution in [2.24, 2.45) is 17.2 Å². The van der Waals surface area contributed by atoms with Crippen LogP contribution in [0, 0.1) is 0 Å². The number of hydrogen-bond acceptors (Lipinski definition) is 7. The second kappa shape index (κ2) is 11.7. The Morgan fingerprint density at radius 1 is 0.967 bits per heavy atom. The maximum Gasteiger partial charge on any atom is 0.326 e. The third-order valence-electron chi connectivity index (χ3n) is 4.66. The fourth-order valence-corrected chi connectivity index (χ4v) is 3.09. The first-order chi connectivity index (χ1) is 14.1. The molecule has 1 saturated heterocycles. The highest BCUT2D eigenvalue weighted by atomic mass is 16.4. The minimum absolute atomic E-state index is 0.174. The Morgan fingerprint density at radius 2 is 1.53 bits per heavy atom. The third-order valence-corrected chi connectivity index (χ3v) is 4.66. The zero-order valence-electron chi connectivity index (χ0n) is 16.5. The highest BCUT2D eigenvalue weighted by Crippen LogP contribution is 2.17. The van der Waals surface area contributed by atoms with Gasteiger partial charge in [0.15, 0.2) is 0 Å². The normalized spacial score (nSPS) is 17.6. The average molecular weight is 428 g/mol. The number of carboxylic acids is 1. The number of primary amides is 2. The number of carbonyl (C=O) groups is 6. The monoisotopic (exact) mass is 428 g/mol. The van der Waals surface area contributed by atoms with E-state index in [2.05, 4.69) is 10.6 Å². The molecule has 9 N–H and O–H groups in total. The molecule has 13 nitrogen and oxygen atoms in total. The Balaban J connectivity index is 2.88. The summed E-state index contributed by atoms with van der Waals surface area (Å²) >= 11 is 0. The number of nitrogens with one attached hydrogen (secondary N) is 2. The number of hydrogen-bond donors (Lipinski definition) is 6. The van der Waals surface area contributed by atoms with E-state index in [9.17, 15) is 33.9 Å². The fourth-order valence-electron chi connectivity index (χ4n) is 3.09. The summed E-state index contributed by atoms with van der Waals surface area (Å²) in [5, 5.41) is 13.9. The highest BCUT2D eigenvalue weighted by Gasteiger charge is 2.36. The van der Waals surface area contributed by atoms with Crippen LogP contribution in [0.4, 0.5) is 0 Å². The maximum atomic E-state index is 12.7. The molecule has 0 aromatic heterocycles. The summed E-state index contributed by atoms with van der Waals surface area (Å²) in [6.07, 6.45) is 0.0243. The van der Waals surface area contributed by atoms with Crippen molar-refractivity contribution in [1.29, 1.82) is 0 Å². The minimum atomic E-state index is -1.42. The molecule has 0 aliphatic carbocycles. The lowest BCUT2D eigenvalue weighted by Crippen LogP contribution is -2.55. The van der Waals surface area contributed by atoms with Crippen LogP contribution in [-0.4, -0.2) is 76.7 Å². The molecule has 5 amide bonds. The van der Waals surface area contributed by atoms with Crippen molar-refractivity contribution < 1.29 is 33.9 Å². The lowest BCUT2D eigenvalue weighted by molar-refractivity contribution is -0.143. The first-order valence-corrected chi connectivity index (χ1v) is 9.46. The van der Waals surface area contributed by atoms with Crippen LogP contribution in [-0.2, 0) is 28.8 Å². The first-order valence-electron chi connectivity index (χ1n) is 9.46. The first kappa shape index (κ1) is 24.8. The van der Waals surface area contributed by atoms with E-state index in [1.807, 2.05) is 0 Å². The second-order valence-electron chi connectivity index (χ2n) is 6.92. The summed E-state index contributed by atoms with van der Waals surface area (Å²) in [5.74, 6) is -4.74. The van der Waals surface area contributed by atoms with Crippen LogP contribution >= 0.6 is 0 Å². The molecule has 1 rings (SSSR count). The Hall–Kier alpha value is -3.22. The van der Waals surface area contributed by atoms with Gasteiger partial charge in [-0.2, -0.15) is 0 Å². The van der Waals surface area contributed by atoms with E-state index in [-0.39, 0.29) is 32.2 Å². The number of carbonyl (C=O) groups excluding carboxylic acids is 5. The number of aliphatic carboxylic acids is 1. The Labute approximate surface area is 172 Å². The summed E-state index contributed by atoms with van der Waals surface area (Å²) < 4.78 is 0. The van der Waals surface area contributed by atoms with Crippen LogP contribution < -0.4 is 27.8 Å². The van der Waals surface area contributed by atoms with Gasteiger partial charge >= 0.3 is 5.97 Å². The molecule has 0 unspecified atom stereocenters. The summed E-state index contributed by atoms with van der Waals surface area (Å²) in [4.78, 5) is 71.8. The number of carboxylic acid groups (broad SMARTS) is 1. The standard InChI is InChI=1S/C17H28N6O7/c18-8-14(26)23-7-1-2-11(23)16(28)21-9(3-5-12(19)24)15(27)22-10(17(29)30)4-6-13(20)25/h9-11H,1-8,18H2,(H2,19,24)(H2,20,25)(H,21,28)(H,22,27)(H,29,30)/t9-,10-,11-/m0/s1. The van der Waals surface area contributed by atoms with Gasteiger partial charge in [0, 0.05) is 19.4 Å². The summed E-state index contributed by atoms with van der Waals surface area (Å²) in [6.45, 7) is 0.0794. The van der Waals surface area contributed by atoms with Gasteiger partial charge in [0.1, 0.15) is 18.1 Å². The maximum absolute atomic E-state index is 12.7. The summed E-state index contributed by atoms with van der Waals surface area (Å²) in [7, 11) is 0. The predicted octanol–water partition coefficient (Wildman–Crippen LogP) is -3.48. The number of rotatable bonds is 12. The Morgan fingerprint density at radius 3 is 2.03 bits per heavy atom. The van der Waals surface area contributed by atoms with Crippen molar-refractivity contribution in [3.05, 3.63) is 0 Å². The molecule has 1 aliphatic heterocycles. The molecule has 0 spiro atoms. The number of nitrogens with two attached hydrogens (primary N) is 3. The topological polar surface area (TPSA) is 228 Å². The fraction of sp³-hybridized carbons (Fsp3) is 0.647. The molecule has 168 valence electrons. The predicted molar refractivity (Wildman–Crippen MR) is 102 cm³/mol. The van der Waals surface area contributed by atoms with Gasteiger partial charge in [0.25, 0.3) is 0 Å². The van der Waals surface area contributed by atoms with Crippen LogP contribution in [0.1, 0.15) is 38.5 Å². The quantitative estimate of drug-likeness (QED) is 0.182. The van der Waals surface area contributed by atoms with E-state index >= 15 is 0 Å². The molecule has 0 aromatic rings. The molecular formula is C17H28N6O7. The van der Waals surface area contributed by atoms with Gasteiger partial charge in [-0.05, 0) is 25.7 Å². The van der Waals surface area contributed by atoms with E-state index in [0.717, 1.165) is 0 Å². The van der Waals surface area contributed by atoms with E-state index in [1.165, 1.54) is 4.90 Å². The molecule has 30 heavy (non-hydrogen) atoms. The minimum Gasteiger partial charge on any atom is -0.480 e. The zero-order valence-corrected chi connectivity index (χ0v) is 16.5. The molecular weight excluding hydrogens is 400 g/mol. The molecule has 0 radical (unpaired) electrons. The molecule has 0 saturated carbocycles. The van der Waals surface area contributed by atoms with E-state index < -0.39 is 53.6 Å². The van der Waals surface area contributed by atoms with Gasteiger partial charge in [0.2, 0.25) is 29.5 Å². The number of nitrogens with zero attached hydrogens (tertiary/aromatic N) is 1. The molecule has 1 aliphatic rings. The van der Waals surface area contributed by atoms with Crippen molar-refractivity contribution >= 4 is 35.5 Å². The highest BCUT2D eigenvalue weighted by molar-refractivity contribution is 5.94. The average Bonchev–Trinajstić information content (AvgIpc) is 3.16. The summed E-state index contributed by atoms with van der Waals surface area (Å²) in [6, 6.07) is -3.51. The van der Waals surface area contributed by atoms with Crippen LogP contribution in [0.2, 0.25) is 0 Å². The van der Waals surface area contributed by atoms with Crippen LogP contribution in [0.25, 0.3) is 0 Å². The van der Waals surface area contributed by atoms with Crippen LogP contribution in [0.3, 0.4) is 0 Å². The van der Waals surface area contributed by atoms with Crippen LogP contribution in [0.5, 0.6) is 0 Å². The zero-order chi connectivity index (χ0) is 22.8. The van der Waals surface area contributed by atoms with Gasteiger partial charge in [-0.3, -0.25) is 24.0 Å². The Kier molecular flexibility index (Phi) is 9.68. The van der Waals surface area contributed by atoms with E-state index in [0.29, 0.717) is 19.4 Å². The van der Waals surface area contributed by atoms with Crippen LogP contribution in [0.15, 0.2) is 0 Å². The van der Waals surface area contributed by atoms with Gasteiger partial charge in [0.05, 0.1) is 6.54 Å². The molecule has 1 heterocycles. The largest absolute Gasteiger partial charge is 0.480 e. The molecule has 0 bridgehead atoms. The third kappa shape index (κ3) is 7.66. The van der Waals surface area contributed by atoms with Gasteiger partial charge < -0.3 is 37.8 Å². The van der Waals surface area contributed by atoms with Crippen molar-refractivity contribution in [2.75, 3.05) is 13.1 Å². The van der Waals surface area contributed by atoms with Gasteiger partial charge in [-0.15, -0.1) is 0 Å². The van der Waals surface area contributed by atoms with Crippen molar-refractivity contribution in [3.8, 4) is 0 Å². The van der Waals surface area contributed by atoms with Gasteiger partial charge in [-0.1, -0.05) is 0 Å². The SMILES string of the molecule is NCC(=O)N1CCC[C@H]1C(=O)N[C@@H](CCC(N)=O)C(=O)N[C@@H](CCC(N)=O)C(=O)O. The molecule has 1 fully saturated rings. The number of amides is 5. The smallest absolute Gasteiger partial charge is 0.326 e. The van der Waals surface area contributed by atoms with Gasteiger partial charge in [-0.25, -0.2) is 4.79 Å².